The lowest BCUT2D eigenvalue weighted by Gasteiger charge is -2.21. The molecule has 0 fully saturated rings. The Kier molecular flexibility index (Phi) is 4.40. The van der Waals surface area contributed by atoms with Crippen LogP contribution in [0, 0.1) is 10.1 Å². The highest BCUT2D eigenvalue weighted by atomic mass is 16.6. The summed E-state index contributed by atoms with van der Waals surface area (Å²) >= 11 is 0. The van der Waals surface area contributed by atoms with Crippen LogP contribution in [0.3, 0.4) is 0 Å². The third-order valence-corrected chi connectivity index (χ3v) is 2.80. The van der Waals surface area contributed by atoms with Crippen molar-refractivity contribution in [2.75, 3.05) is 18.2 Å². The first-order valence-corrected chi connectivity index (χ1v) is 6.25. The van der Waals surface area contributed by atoms with Crippen molar-refractivity contribution in [3.63, 3.8) is 0 Å². The van der Waals surface area contributed by atoms with Crippen LogP contribution in [0.2, 0.25) is 0 Å². The van der Waals surface area contributed by atoms with Gasteiger partial charge in [-0.3, -0.25) is 10.1 Å². The van der Waals surface area contributed by atoms with Gasteiger partial charge in [0.05, 0.1) is 10.6 Å². The van der Waals surface area contributed by atoms with Gasteiger partial charge in [-0.2, -0.15) is 5.11 Å². The molecule has 2 rings (SSSR count). The molecule has 0 saturated carbocycles. The number of benzene rings is 1. The second-order valence-corrected chi connectivity index (χ2v) is 4.21. The van der Waals surface area contributed by atoms with E-state index in [1.165, 1.54) is 12.1 Å². The highest BCUT2D eigenvalue weighted by Gasteiger charge is 2.24. The average Bonchev–Trinajstić information content (AvgIpc) is 2.87. The van der Waals surface area contributed by atoms with Crippen LogP contribution in [0.4, 0.5) is 11.4 Å². The molecule has 1 aromatic carbocycles. The molecule has 0 bridgehead atoms. The van der Waals surface area contributed by atoms with Gasteiger partial charge in [-0.05, 0) is 18.6 Å². The van der Waals surface area contributed by atoms with Crippen molar-refractivity contribution < 1.29 is 9.66 Å². The summed E-state index contributed by atoms with van der Waals surface area (Å²) in [6, 6.07) is 6.20. The predicted molar refractivity (Wildman–Crippen MR) is 69.9 cm³/mol. The molecule has 1 heterocycles. The summed E-state index contributed by atoms with van der Waals surface area (Å²) in [5.74, 6) is 0. The molecule has 102 valence electrons. The zero-order valence-electron chi connectivity index (χ0n) is 10.7. The van der Waals surface area contributed by atoms with E-state index in [9.17, 15) is 10.1 Å². The summed E-state index contributed by atoms with van der Waals surface area (Å²) in [6.45, 7) is 3.25. The Morgan fingerprint density at radius 3 is 2.84 bits per heavy atom. The third kappa shape index (κ3) is 3.25. The lowest BCUT2D eigenvalue weighted by molar-refractivity contribution is -0.384. The van der Waals surface area contributed by atoms with Gasteiger partial charge < -0.3 is 4.74 Å². The maximum Gasteiger partial charge on any atom is 0.269 e. The van der Waals surface area contributed by atoms with Gasteiger partial charge >= 0.3 is 0 Å². The molecule has 1 aliphatic heterocycles. The van der Waals surface area contributed by atoms with Gasteiger partial charge in [-0.25, -0.2) is 5.01 Å². The van der Waals surface area contributed by atoms with Crippen molar-refractivity contribution in [2.45, 2.75) is 26.0 Å². The average molecular weight is 264 g/mol. The number of nitro benzene ring substituents is 1. The van der Waals surface area contributed by atoms with Gasteiger partial charge in [0, 0.05) is 18.7 Å². The minimum atomic E-state index is -0.426. The molecular weight excluding hydrogens is 248 g/mol. The maximum atomic E-state index is 10.6. The van der Waals surface area contributed by atoms with Crippen LogP contribution in [0.15, 0.2) is 34.6 Å². The summed E-state index contributed by atoms with van der Waals surface area (Å²) in [5, 5.41) is 20.2. The second kappa shape index (κ2) is 6.24. The SMILES string of the molecule is CCCCOC1CN=NN1c1ccc([N+](=O)[O-])cc1. The molecule has 0 aromatic heterocycles. The first-order valence-electron chi connectivity index (χ1n) is 6.25. The standard InChI is InChI=1S/C12H16N4O3/c1-2-3-8-19-12-9-13-14-15(12)10-4-6-11(7-5-10)16(17)18/h4-7,12H,2-3,8-9H2,1H3. The van der Waals surface area contributed by atoms with Gasteiger partial charge in [0.25, 0.3) is 5.69 Å². The molecule has 0 spiro atoms. The topological polar surface area (TPSA) is 80.3 Å². The van der Waals surface area contributed by atoms with Crippen LogP contribution >= 0.6 is 0 Å². The van der Waals surface area contributed by atoms with Gasteiger partial charge in [-0.15, -0.1) is 0 Å². The van der Waals surface area contributed by atoms with E-state index in [0.29, 0.717) is 13.2 Å². The molecule has 0 N–H and O–H groups in total. The van der Waals surface area contributed by atoms with Crippen LogP contribution < -0.4 is 5.01 Å². The lowest BCUT2D eigenvalue weighted by Crippen LogP contribution is -2.31. The van der Waals surface area contributed by atoms with Crippen LogP contribution in [-0.2, 0) is 4.74 Å². The molecule has 1 atom stereocenters. The predicted octanol–water partition coefficient (Wildman–Crippen LogP) is 2.92. The number of unbranched alkanes of at least 4 members (excludes halogenated alkanes) is 1. The van der Waals surface area contributed by atoms with Crippen molar-refractivity contribution in [3.05, 3.63) is 34.4 Å². The van der Waals surface area contributed by atoms with Gasteiger partial charge in [0.2, 0.25) is 0 Å². The number of nitrogens with zero attached hydrogens (tertiary/aromatic N) is 4. The number of anilines is 1. The molecular formula is C12H16N4O3. The Balaban J connectivity index is 2.02. The fourth-order valence-corrected chi connectivity index (χ4v) is 1.74. The molecule has 19 heavy (non-hydrogen) atoms. The smallest absolute Gasteiger partial charge is 0.269 e. The molecule has 7 heteroatoms. The fraction of sp³-hybridized carbons (Fsp3) is 0.500. The zero-order valence-corrected chi connectivity index (χ0v) is 10.7. The van der Waals surface area contributed by atoms with Crippen molar-refractivity contribution >= 4 is 11.4 Å². The van der Waals surface area contributed by atoms with Gasteiger partial charge in [-0.1, -0.05) is 18.6 Å². The molecule has 0 saturated heterocycles. The lowest BCUT2D eigenvalue weighted by atomic mass is 10.2. The Bertz CT molecular complexity index is 461. The number of nitro groups is 1. The van der Waals surface area contributed by atoms with E-state index in [0.717, 1.165) is 18.5 Å². The van der Waals surface area contributed by atoms with Crippen LogP contribution in [0.25, 0.3) is 0 Å². The molecule has 1 unspecified atom stereocenters. The molecule has 1 aliphatic rings. The van der Waals surface area contributed by atoms with Crippen LogP contribution in [0.5, 0.6) is 0 Å². The summed E-state index contributed by atoms with van der Waals surface area (Å²) in [4.78, 5) is 10.2. The van der Waals surface area contributed by atoms with Crippen molar-refractivity contribution in [1.29, 1.82) is 0 Å². The zero-order chi connectivity index (χ0) is 13.7. The second-order valence-electron chi connectivity index (χ2n) is 4.21. The van der Waals surface area contributed by atoms with Gasteiger partial charge in [0.1, 0.15) is 6.54 Å². The summed E-state index contributed by atoms with van der Waals surface area (Å²) in [6.07, 6.45) is 1.84. The Morgan fingerprint density at radius 2 is 2.21 bits per heavy atom. The van der Waals surface area contributed by atoms with Crippen molar-refractivity contribution in [3.8, 4) is 0 Å². The highest BCUT2D eigenvalue weighted by molar-refractivity contribution is 5.50. The normalized spacial score (nSPS) is 17.9. The number of ether oxygens (including phenoxy) is 1. The quantitative estimate of drug-likeness (QED) is 0.449. The number of hydrogen-bond acceptors (Lipinski definition) is 6. The third-order valence-electron chi connectivity index (χ3n) is 2.80. The van der Waals surface area contributed by atoms with Crippen molar-refractivity contribution in [1.82, 2.24) is 0 Å². The fourth-order valence-electron chi connectivity index (χ4n) is 1.74. The van der Waals surface area contributed by atoms with Crippen LogP contribution in [0.1, 0.15) is 19.8 Å². The summed E-state index contributed by atoms with van der Waals surface area (Å²) in [5.41, 5.74) is 0.802. The maximum absolute atomic E-state index is 10.6. The van der Waals surface area contributed by atoms with E-state index in [1.807, 2.05) is 0 Å². The monoisotopic (exact) mass is 264 g/mol. The summed E-state index contributed by atoms with van der Waals surface area (Å²) < 4.78 is 5.69. The van der Waals surface area contributed by atoms with E-state index in [1.54, 1.807) is 17.1 Å². The minimum Gasteiger partial charge on any atom is -0.354 e. The van der Waals surface area contributed by atoms with Gasteiger partial charge in [0.15, 0.2) is 6.23 Å². The Morgan fingerprint density at radius 1 is 1.47 bits per heavy atom. The summed E-state index contributed by atoms with van der Waals surface area (Å²) in [7, 11) is 0. The first kappa shape index (κ1) is 13.4. The number of rotatable bonds is 6. The molecule has 0 radical (unpaired) electrons. The van der Waals surface area contributed by atoms with E-state index in [4.69, 9.17) is 4.74 Å². The Hall–Kier alpha value is -2.02. The van der Waals surface area contributed by atoms with Crippen LogP contribution in [-0.4, -0.2) is 24.3 Å². The number of non-ortho nitro benzene ring substituents is 1. The van der Waals surface area contributed by atoms with E-state index in [2.05, 4.69) is 17.3 Å². The molecule has 0 amide bonds. The van der Waals surface area contributed by atoms with E-state index in [-0.39, 0.29) is 11.9 Å². The molecule has 7 nitrogen and oxygen atoms in total. The Labute approximate surface area is 111 Å². The first-order chi connectivity index (χ1) is 9.22. The largest absolute Gasteiger partial charge is 0.354 e. The van der Waals surface area contributed by atoms with E-state index < -0.39 is 4.92 Å². The highest BCUT2D eigenvalue weighted by Crippen LogP contribution is 2.25. The number of hydrogen-bond donors (Lipinski definition) is 0. The minimum absolute atomic E-state index is 0.0586. The molecule has 1 aromatic rings. The van der Waals surface area contributed by atoms with Crippen molar-refractivity contribution in [2.24, 2.45) is 10.3 Å². The van der Waals surface area contributed by atoms with E-state index >= 15 is 0 Å². The molecule has 0 aliphatic carbocycles.